The molecule has 150 valence electrons. The molecule has 1 atom stereocenters. The average molecular weight is 410 g/mol. The summed E-state index contributed by atoms with van der Waals surface area (Å²) in [7, 11) is 0. The summed E-state index contributed by atoms with van der Waals surface area (Å²) >= 11 is 1.32. The smallest absolute Gasteiger partial charge is 0.311 e. The molecule has 0 saturated heterocycles. The molecular weight excluding hydrogens is 388 g/mol. The van der Waals surface area contributed by atoms with Gasteiger partial charge >= 0.3 is 5.97 Å². The molecule has 1 heterocycles. The highest BCUT2D eigenvalue weighted by Crippen LogP contribution is 2.25. The number of aryl methyl sites for hydroxylation is 1. The Kier molecular flexibility index (Phi) is 6.61. The minimum atomic E-state index is -0.948. The van der Waals surface area contributed by atoms with Crippen molar-refractivity contribution >= 4 is 28.3 Å². The summed E-state index contributed by atoms with van der Waals surface area (Å²) in [4.78, 5) is 28.8. The highest BCUT2D eigenvalue weighted by Gasteiger charge is 2.19. The van der Waals surface area contributed by atoms with E-state index < -0.39 is 18.0 Å². The van der Waals surface area contributed by atoms with Gasteiger partial charge in [0.2, 0.25) is 0 Å². The van der Waals surface area contributed by atoms with Gasteiger partial charge < -0.3 is 9.84 Å². The van der Waals surface area contributed by atoms with Crippen LogP contribution in [0.2, 0.25) is 0 Å². The standard InChI is InChI=1S/C22H22N2O4S/c1-3-15-4-8-17(9-5-15)19-13-29-22(23-19)24-21(27)14(2)28-20(26)12-16-6-10-18(25)11-7-16/h4-11,13-14,25H,3,12H2,1-2H3,(H,23,24,27)/t14-/m1/s1. The number of benzene rings is 2. The molecule has 0 aliphatic rings. The first-order valence-corrected chi connectivity index (χ1v) is 10.2. The number of carbonyl (C=O) groups is 2. The summed E-state index contributed by atoms with van der Waals surface area (Å²) < 4.78 is 5.20. The minimum absolute atomic E-state index is 0.0209. The van der Waals surface area contributed by atoms with Gasteiger partial charge in [0.05, 0.1) is 12.1 Å². The molecule has 7 heteroatoms. The number of esters is 1. The molecular formula is C22H22N2O4S. The molecule has 0 spiro atoms. The van der Waals surface area contributed by atoms with Crippen LogP contribution >= 0.6 is 11.3 Å². The van der Waals surface area contributed by atoms with E-state index in [1.165, 1.54) is 36.0 Å². The third-order valence-corrected chi connectivity index (χ3v) is 5.11. The molecule has 2 aromatic carbocycles. The summed E-state index contributed by atoms with van der Waals surface area (Å²) in [5, 5.41) is 14.3. The zero-order valence-corrected chi connectivity index (χ0v) is 17.0. The van der Waals surface area contributed by atoms with Crippen molar-refractivity contribution in [3.63, 3.8) is 0 Å². The molecule has 0 unspecified atom stereocenters. The van der Waals surface area contributed by atoms with Crippen LogP contribution in [0.1, 0.15) is 25.0 Å². The van der Waals surface area contributed by atoms with E-state index in [4.69, 9.17) is 4.74 Å². The number of aromatic hydroxyl groups is 1. The Morgan fingerprint density at radius 2 is 1.76 bits per heavy atom. The number of rotatable bonds is 7. The van der Waals surface area contributed by atoms with Crippen LogP contribution < -0.4 is 5.32 Å². The van der Waals surface area contributed by atoms with Crippen molar-refractivity contribution in [2.45, 2.75) is 32.8 Å². The van der Waals surface area contributed by atoms with Gasteiger partial charge in [-0.1, -0.05) is 43.3 Å². The van der Waals surface area contributed by atoms with Gasteiger partial charge in [-0.3, -0.25) is 14.9 Å². The maximum absolute atomic E-state index is 12.3. The third kappa shape index (κ3) is 5.65. The molecule has 2 N–H and O–H groups in total. The highest BCUT2D eigenvalue weighted by molar-refractivity contribution is 7.14. The van der Waals surface area contributed by atoms with Crippen molar-refractivity contribution in [1.29, 1.82) is 0 Å². The fourth-order valence-corrected chi connectivity index (χ4v) is 3.38. The molecule has 29 heavy (non-hydrogen) atoms. The summed E-state index contributed by atoms with van der Waals surface area (Å²) in [6.07, 6.45) is 0.0468. The maximum Gasteiger partial charge on any atom is 0.311 e. The van der Waals surface area contributed by atoms with Crippen LogP contribution in [-0.4, -0.2) is 28.1 Å². The average Bonchev–Trinajstić information content (AvgIpc) is 3.18. The minimum Gasteiger partial charge on any atom is -0.508 e. The monoisotopic (exact) mass is 410 g/mol. The van der Waals surface area contributed by atoms with Crippen molar-refractivity contribution in [2.75, 3.05) is 5.32 Å². The fraction of sp³-hybridized carbons (Fsp3) is 0.227. The van der Waals surface area contributed by atoms with Crippen LogP contribution in [0, 0.1) is 0 Å². The molecule has 0 fully saturated rings. The van der Waals surface area contributed by atoms with E-state index in [0.717, 1.165) is 17.7 Å². The summed E-state index contributed by atoms with van der Waals surface area (Å²) in [5.41, 5.74) is 3.71. The lowest BCUT2D eigenvalue weighted by Crippen LogP contribution is -2.30. The summed E-state index contributed by atoms with van der Waals surface area (Å²) in [5.74, 6) is -0.834. The molecule has 0 bridgehead atoms. The van der Waals surface area contributed by atoms with E-state index in [1.807, 2.05) is 17.5 Å². The predicted molar refractivity (Wildman–Crippen MR) is 113 cm³/mol. The Hall–Kier alpha value is -3.19. The largest absolute Gasteiger partial charge is 0.508 e. The van der Waals surface area contributed by atoms with Crippen molar-refractivity contribution < 1.29 is 19.4 Å². The van der Waals surface area contributed by atoms with Crippen LogP contribution in [0.5, 0.6) is 5.75 Å². The highest BCUT2D eigenvalue weighted by atomic mass is 32.1. The lowest BCUT2D eigenvalue weighted by molar-refractivity contribution is -0.152. The molecule has 3 aromatic rings. The van der Waals surface area contributed by atoms with E-state index in [2.05, 4.69) is 29.4 Å². The number of ether oxygens (including phenoxy) is 1. The topological polar surface area (TPSA) is 88.5 Å². The van der Waals surface area contributed by atoms with Gasteiger partial charge in [0.25, 0.3) is 5.91 Å². The first kappa shape index (κ1) is 20.5. The Morgan fingerprint density at radius 3 is 2.41 bits per heavy atom. The van der Waals surface area contributed by atoms with E-state index in [0.29, 0.717) is 10.7 Å². The predicted octanol–water partition coefficient (Wildman–Crippen LogP) is 4.19. The number of carbonyl (C=O) groups excluding carboxylic acids is 2. The molecule has 0 radical (unpaired) electrons. The van der Waals surface area contributed by atoms with Crippen LogP contribution in [0.15, 0.2) is 53.9 Å². The SMILES string of the molecule is CCc1ccc(-c2csc(NC(=O)[C@@H](C)OC(=O)Cc3ccc(O)cc3)n2)cc1. The van der Waals surface area contributed by atoms with Gasteiger partial charge in [-0.25, -0.2) is 4.98 Å². The molecule has 6 nitrogen and oxygen atoms in total. The number of phenols is 1. The number of aromatic nitrogens is 1. The second-order valence-electron chi connectivity index (χ2n) is 6.55. The van der Waals surface area contributed by atoms with Gasteiger partial charge in [0.15, 0.2) is 11.2 Å². The number of phenolic OH excluding ortho intramolecular Hbond substituents is 1. The number of anilines is 1. The quantitative estimate of drug-likeness (QED) is 0.570. The van der Waals surface area contributed by atoms with Gasteiger partial charge in [0.1, 0.15) is 5.75 Å². The van der Waals surface area contributed by atoms with E-state index in [1.54, 1.807) is 12.1 Å². The number of nitrogens with zero attached hydrogens (tertiary/aromatic N) is 1. The molecule has 1 amide bonds. The van der Waals surface area contributed by atoms with E-state index >= 15 is 0 Å². The van der Waals surface area contributed by atoms with Crippen LogP contribution in [0.3, 0.4) is 0 Å². The zero-order chi connectivity index (χ0) is 20.8. The van der Waals surface area contributed by atoms with Crippen molar-refractivity contribution in [2.24, 2.45) is 0 Å². The van der Waals surface area contributed by atoms with Crippen LogP contribution in [-0.2, 0) is 27.2 Å². The lowest BCUT2D eigenvalue weighted by atomic mass is 10.1. The zero-order valence-electron chi connectivity index (χ0n) is 16.2. The fourth-order valence-electron chi connectivity index (χ4n) is 2.65. The maximum atomic E-state index is 12.3. The summed E-state index contributed by atoms with van der Waals surface area (Å²) in [6.45, 7) is 3.62. The van der Waals surface area contributed by atoms with E-state index in [-0.39, 0.29) is 12.2 Å². The molecule has 0 aliphatic carbocycles. The van der Waals surface area contributed by atoms with Crippen LogP contribution in [0.4, 0.5) is 5.13 Å². The Morgan fingerprint density at radius 1 is 1.10 bits per heavy atom. The van der Waals surface area contributed by atoms with Gasteiger partial charge in [-0.15, -0.1) is 11.3 Å². The Labute approximate surface area is 173 Å². The van der Waals surface area contributed by atoms with Crippen molar-refractivity contribution in [3.05, 3.63) is 65.0 Å². The van der Waals surface area contributed by atoms with Gasteiger partial charge in [-0.05, 0) is 36.6 Å². The third-order valence-electron chi connectivity index (χ3n) is 4.35. The number of hydrogen-bond acceptors (Lipinski definition) is 6. The normalized spacial score (nSPS) is 11.7. The first-order valence-electron chi connectivity index (χ1n) is 9.27. The van der Waals surface area contributed by atoms with Crippen molar-refractivity contribution in [3.8, 4) is 17.0 Å². The van der Waals surface area contributed by atoms with Crippen molar-refractivity contribution in [1.82, 2.24) is 4.98 Å². The molecule has 0 aliphatic heterocycles. The molecule has 3 rings (SSSR count). The second-order valence-corrected chi connectivity index (χ2v) is 7.41. The molecule has 1 aromatic heterocycles. The number of amides is 1. The lowest BCUT2D eigenvalue weighted by Gasteiger charge is -2.12. The first-order chi connectivity index (χ1) is 13.9. The molecule has 0 saturated carbocycles. The summed E-state index contributed by atoms with van der Waals surface area (Å²) in [6, 6.07) is 14.4. The van der Waals surface area contributed by atoms with Gasteiger partial charge in [0, 0.05) is 10.9 Å². The number of hydrogen-bond donors (Lipinski definition) is 2. The Bertz CT molecular complexity index is 981. The van der Waals surface area contributed by atoms with Gasteiger partial charge in [-0.2, -0.15) is 0 Å². The number of nitrogens with one attached hydrogen (secondary N) is 1. The van der Waals surface area contributed by atoms with Crippen LogP contribution in [0.25, 0.3) is 11.3 Å². The second kappa shape index (κ2) is 9.34. The van der Waals surface area contributed by atoms with E-state index in [9.17, 15) is 14.7 Å². The Balaban J connectivity index is 1.54. The number of thiazole rings is 1.